The van der Waals surface area contributed by atoms with Crippen molar-refractivity contribution in [3.8, 4) is 5.88 Å². The molecule has 1 aromatic heterocycles. The maximum atomic E-state index is 12.4. The van der Waals surface area contributed by atoms with Crippen LogP contribution in [0.4, 0.5) is 8.78 Å². The van der Waals surface area contributed by atoms with Crippen molar-refractivity contribution in [2.75, 3.05) is 26.7 Å². The Morgan fingerprint density at radius 1 is 1.53 bits per heavy atom. The Morgan fingerprint density at radius 2 is 2.29 bits per heavy atom. The van der Waals surface area contributed by atoms with E-state index >= 15 is 0 Å². The molecule has 0 fully saturated rings. The van der Waals surface area contributed by atoms with Crippen LogP contribution in [0.5, 0.6) is 5.88 Å². The molecule has 0 aliphatic rings. The van der Waals surface area contributed by atoms with Gasteiger partial charge in [0.25, 0.3) is 6.43 Å². The van der Waals surface area contributed by atoms with Gasteiger partial charge in [0.2, 0.25) is 5.88 Å². The third kappa shape index (κ3) is 4.62. The molecule has 0 aromatic carbocycles. The smallest absolute Gasteiger partial charge is 0.251 e. The average Bonchev–Trinajstić information content (AvgIpc) is 2.29. The van der Waals surface area contributed by atoms with Crippen molar-refractivity contribution in [3.63, 3.8) is 0 Å². The number of rotatable bonds is 7. The second kappa shape index (κ2) is 7.13. The Kier molecular flexibility index (Phi) is 5.79. The number of nitrogens with two attached hydrogens (primary N) is 1. The highest BCUT2D eigenvalue weighted by atomic mass is 19.3. The lowest BCUT2D eigenvalue weighted by molar-refractivity contribution is 0.0857. The molecule has 4 nitrogen and oxygen atoms in total. The number of methoxy groups -OCH3 is 1. The van der Waals surface area contributed by atoms with Crippen molar-refractivity contribution in [1.29, 1.82) is 0 Å². The van der Waals surface area contributed by atoms with E-state index in [9.17, 15) is 8.78 Å². The highest BCUT2D eigenvalue weighted by molar-refractivity contribution is 5.25. The Labute approximate surface area is 99.4 Å². The van der Waals surface area contributed by atoms with Crippen LogP contribution in [-0.4, -0.2) is 43.1 Å². The van der Waals surface area contributed by atoms with E-state index in [1.165, 1.54) is 7.11 Å². The van der Waals surface area contributed by atoms with Gasteiger partial charge in [0.05, 0.1) is 13.7 Å². The highest BCUT2D eigenvalue weighted by Crippen LogP contribution is 2.16. The second-order valence-corrected chi connectivity index (χ2v) is 3.59. The van der Waals surface area contributed by atoms with E-state index in [0.717, 1.165) is 5.56 Å². The molecule has 0 aliphatic heterocycles. The van der Waals surface area contributed by atoms with Gasteiger partial charge in [0.1, 0.15) is 0 Å². The Balaban J connectivity index is 2.70. The minimum Gasteiger partial charge on any atom is -0.481 e. The van der Waals surface area contributed by atoms with Crippen LogP contribution >= 0.6 is 0 Å². The summed E-state index contributed by atoms with van der Waals surface area (Å²) in [6.07, 6.45) is -0.771. The summed E-state index contributed by atoms with van der Waals surface area (Å²) in [5.41, 5.74) is 6.18. The van der Waals surface area contributed by atoms with E-state index in [1.54, 1.807) is 23.2 Å². The number of hydrogen-bond acceptors (Lipinski definition) is 4. The molecule has 0 atom stereocenters. The lowest BCUT2D eigenvalue weighted by Crippen LogP contribution is -2.33. The Hall–Kier alpha value is -1.27. The molecule has 1 heterocycles. The number of nitrogens with zero attached hydrogens (tertiary/aromatic N) is 2. The molecule has 0 spiro atoms. The maximum Gasteiger partial charge on any atom is 0.251 e. The summed E-state index contributed by atoms with van der Waals surface area (Å²) in [5.74, 6) is 0.462. The fourth-order valence-corrected chi connectivity index (χ4v) is 1.58. The van der Waals surface area contributed by atoms with Gasteiger partial charge in [-0.15, -0.1) is 0 Å². The summed E-state index contributed by atoms with van der Waals surface area (Å²) >= 11 is 0. The molecule has 0 radical (unpaired) electrons. The Bertz CT molecular complexity index is 336. The molecule has 96 valence electrons. The van der Waals surface area contributed by atoms with Crippen LogP contribution in [0, 0.1) is 0 Å². The fraction of sp³-hybridized carbons (Fsp3) is 0.545. The molecule has 2 N–H and O–H groups in total. The van der Waals surface area contributed by atoms with Crippen LogP contribution < -0.4 is 10.5 Å². The van der Waals surface area contributed by atoms with Crippen molar-refractivity contribution in [2.45, 2.75) is 13.0 Å². The first-order valence-corrected chi connectivity index (χ1v) is 5.35. The summed E-state index contributed by atoms with van der Waals surface area (Å²) in [6.45, 7) is 0.825. The lowest BCUT2D eigenvalue weighted by atomic mass is 10.2. The quantitative estimate of drug-likeness (QED) is 0.782. The molecule has 0 bridgehead atoms. The van der Waals surface area contributed by atoms with Crippen molar-refractivity contribution in [3.05, 3.63) is 23.9 Å². The topological polar surface area (TPSA) is 51.4 Å². The van der Waals surface area contributed by atoms with Crippen molar-refractivity contribution in [1.82, 2.24) is 9.88 Å². The number of hydrogen-bond donors (Lipinski definition) is 1. The molecule has 0 amide bonds. The van der Waals surface area contributed by atoms with E-state index in [1.807, 2.05) is 0 Å². The van der Waals surface area contributed by atoms with Gasteiger partial charge in [0, 0.05) is 31.4 Å². The van der Waals surface area contributed by atoms with Gasteiger partial charge in [0.15, 0.2) is 0 Å². The molecule has 0 unspecified atom stereocenters. The highest BCUT2D eigenvalue weighted by Gasteiger charge is 2.14. The zero-order chi connectivity index (χ0) is 12.7. The molecule has 0 saturated heterocycles. The van der Waals surface area contributed by atoms with Crippen LogP contribution in [0.15, 0.2) is 18.3 Å². The monoisotopic (exact) mass is 245 g/mol. The van der Waals surface area contributed by atoms with Crippen LogP contribution in [0.2, 0.25) is 0 Å². The molecule has 17 heavy (non-hydrogen) atoms. The zero-order valence-corrected chi connectivity index (χ0v) is 9.77. The molecule has 1 aromatic rings. The minimum absolute atomic E-state index is 0.296. The standard InChI is InChI=1S/C11H17F2N3O/c1-17-11-9(3-2-5-15-11)7-16(6-4-14)8-10(12)13/h2-3,5,10H,4,6-8,14H2,1H3. The largest absolute Gasteiger partial charge is 0.481 e. The van der Waals surface area contributed by atoms with Gasteiger partial charge in [-0.1, -0.05) is 6.07 Å². The molecule has 0 saturated carbocycles. The van der Waals surface area contributed by atoms with E-state index < -0.39 is 6.43 Å². The molecule has 6 heteroatoms. The minimum atomic E-state index is -2.37. The maximum absolute atomic E-state index is 12.4. The van der Waals surface area contributed by atoms with Gasteiger partial charge >= 0.3 is 0 Å². The van der Waals surface area contributed by atoms with Gasteiger partial charge in [-0.2, -0.15) is 0 Å². The predicted molar refractivity (Wildman–Crippen MR) is 61.1 cm³/mol. The number of aromatic nitrogens is 1. The van der Waals surface area contributed by atoms with Gasteiger partial charge in [-0.05, 0) is 6.07 Å². The fourth-order valence-electron chi connectivity index (χ4n) is 1.58. The average molecular weight is 245 g/mol. The number of pyridine rings is 1. The predicted octanol–water partition coefficient (Wildman–Crippen LogP) is 1.12. The van der Waals surface area contributed by atoms with Crippen LogP contribution in [-0.2, 0) is 6.54 Å². The lowest BCUT2D eigenvalue weighted by Gasteiger charge is -2.21. The molecular weight excluding hydrogens is 228 g/mol. The third-order valence-corrected chi connectivity index (χ3v) is 2.28. The molecule has 1 rings (SSSR count). The summed E-state index contributed by atoms with van der Waals surface area (Å²) in [6, 6.07) is 3.56. The van der Waals surface area contributed by atoms with Gasteiger partial charge < -0.3 is 10.5 Å². The van der Waals surface area contributed by atoms with E-state index in [4.69, 9.17) is 10.5 Å². The van der Waals surface area contributed by atoms with Crippen molar-refractivity contribution in [2.24, 2.45) is 5.73 Å². The van der Waals surface area contributed by atoms with Crippen LogP contribution in [0.1, 0.15) is 5.56 Å². The summed E-state index contributed by atoms with van der Waals surface area (Å²) in [4.78, 5) is 5.61. The third-order valence-electron chi connectivity index (χ3n) is 2.28. The Morgan fingerprint density at radius 3 is 2.88 bits per heavy atom. The van der Waals surface area contributed by atoms with Crippen molar-refractivity contribution >= 4 is 0 Å². The first-order valence-electron chi connectivity index (χ1n) is 5.35. The van der Waals surface area contributed by atoms with E-state index in [2.05, 4.69) is 4.98 Å². The zero-order valence-electron chi connectivity index (χ0n) is 9.77. The van der Waals surface area contributed by atoms with Crippen molar-refractivity contribution < 1.29 is 13.5 Å². The second-order valence-electron chi connectivity index (χ2n) is 3.59. The number of halogens is 2. The molecular formula is C11H17F2N3O. The number of ether oxygens (including phenoxy) is 1. The SMILES string of the molecule is COc1ncccc1CN(CCN)CC(F)F. The molecule has 0 aliphatic carbocycles. The van der Waals surface area contributed by atoms with E-state index in [-0.39, 0.29) is 6.54 Å². The summed E-state index contributed by atoms with van der Waals surface area (Å²) in [7, 11) is 1.51. The normalized spacial score (nSPS) is 11.2. The van der Waals surface area contributed by atoms with Gasteiger partial charge in [-0.25, -0.2) is 13.8 Å². The van der Waals surface area contributed by atoms with Crippen LogP contribution in [0.3, 0.4) is 0 Å². The number of alkyl halides is 2. The van der Waals surface area contributed by atoms with E-state index in [0.29, 0.717) is 25.5 Å². The summed E-state index contributed by atoms with van der Waals surface area (Å²) in [5, 5.41) is 0. The first kappa shape index (κ1) is 13.8. The van der Waals surface area contributed by atoms with Crippen LogP contribution in [0.25, 0.3) is 0 Å². The first-order chi connectivity index (χ1) is 8.17. The summed E-state index contributed by atoms with van der Waals surface area (Å²) < 4.78 is 29.8. The van der Waals surface area contributed by atoms with Gasteiger partial charge in [-0.3, -0.25) is 4.90 Å².